The molecule has 2 aromatic carbocycles. The summed E-state index contributed by atoms with van der Waals surface area (Å²) in [7, 11) is 0. The predicted octanol–water partition coefficient (Wildman–Crippen LogP) is 6.31. The second-order valence-electron chi connectivity index (χ2n) is 5.01. The number of rotatable bonds is 5. The summed E-state index contributed by atoms with van der Waals surface area (Å²) in [6, 6.07) is 12.8. The van der Waals surface area contributed by atoms with E-state index in [9.17, 15) is 4.39 Å². The molecule has 0 atom stereocenters. The summed E-state index contributed by atoms with van der Waals surface area (Å²) in [6.45, 7) is 0. The topological polar surface area (TPSA) is 0 Å². The molecule has 0 saturated carbocycles. The van der Waals surface area contributed by atoms with Gasteiger partial charge in [0.15, 0.2) is 0 Å². The van der Waals surface area contributed by atoms with Crippen LogP contribution in [0.4, 0.5) is 4.39 Å². The van der Waals surface area contributed by atoms with Gasteiger partial charge in [-0.15, -0.1) is 23.2 Å². The Morgan fingerprint density at radius 2 is 1.67 bits per heavy atom. The molecule has 0 aliphatic heterocycles. The molecule has 0 N–H and O–H groups in total. The van der Waals surface area contributed by atoms with Gasteiger partial charge >= 0.3 is 0 Å². The van der Waals surface area contributed by atoms with Gasteiger partial charge in [0.25, 0.3) is 0 Å². The van der Waals surface area contributed by atoms with E-state index < -0.39 is 5.41 Å². The summed E-state index contributed by atoms with van der Waals surface area (Å²) >= 11 is 19.3. The van der Waals surface area contributed by atoms with Crippen LogP contribution in [0.5, 0.6) is 0 Å². The zero-order chi connectivity index (χ0) is 15.5. The molecule has 112 valence electrons. The number of halogens is 5. The van der Waals surface area contributed by atoms with Gasteiger partial charge in [0.2, 0.25) is 0 Å². The summed E-state index contributed by atoms with van der Waals surface area (Å²) in [5.41, 5.74) is 1.48. The maximum absolute atomic E-state index is 13.6. The third-order valence-electron chi connectivity index (χ3n) is 3.41. The van der Waals surface area contributed by atoms with E-state index in [1.54, 1.807) is 0 Å². The molecule has 21 heavy (non-hydrogen) atoms. The summed E-state index contributed by atoms with van der Waals surface area (Å²) in [4.78, 5) is 0. The van der Waals surface area contributed by atoms with Crippen LogP contribution in [0.2, 0.25) is 0 Å². The van der Waals surface area contributed by atoms with E-state index >= 15 is 0 Å². The van der Waals surface area contributed by atoms with Gasteiger partial charge in [0.1, 0.15) is 5.82 Å². The first kappa shape index (κ1) is 17.3. The molecule has 0 aliphatic rings. The monoisotopic (exact) mass is 452 g/mol. The van der Waals surface area contributed by atoms with Gasteiger partial charge in [0.05, 0.1) is 0 Å². The summed E-state index contributed by atoms with van der Waals surface area (Å²) in [5.74, 6) is 0.453. The Hall–Kier alpha value is -0.0900. The fourth-order valence-electron chi connectivity index (χ4n) is 2.31. The van der Waals surface area contributed by atoms with Crippen molar-refractivity contribution in [3.63, 3.8) is 0 Å². The fraction of sp³-hybridized carbons (Fsp3) is 0.250. The van der Waals surface area contributed by atoms with Crippen LogP contribution in [0, 0.1) is 5.82 Å². The number of hydrogen-bond donors (Lipinski definition) is 0. The maximum atomic E-state index is 13.6. The Kier molecular flexibility index (Phi) is 6.13. The third-order valence-corrected chi connectivity index (χ3v) is 5.39. The first-order valence-corrected chi connectivity index (χ1v) is 8.97. The van der Waals surface area contributed by atoms with Crippen molar-refractivity contribution in [3.8, 4) is 0 Å². The molecule has 0 bridgehead atoms. The molecule has 0 spiro atoms. The van der Waals surface area contributed by atoms with Crippen molar-refractivity contribution in [3.05, 3.63) is 68.4 Å². The van der Waals surface area contributed by atoms with E-state index in [1.165, 1.54) is 12.1 Å². The zero-order valence-corrected chi connectivity index (χ0v) is 15.7. The minimum atomic E-state index is -0.430. The average Bonchev–Trinajstić information content (AvgIpc) is 2.44. The lowest BCUT2D eigenvalue weighted by Crippen LogP contribution is -2.33. The lowest BCUT2D eigenvalue weighted by molar-refractivity contribution is 0.532. The van der Waals surface area contributed by atoms with Crippen LogP contribution in [0.3, 0.4) is 0 Å². The van der Waals surface area contributed by atoms with Crippen molar-refractivity contribution in [1.29, 1.82) is 0 Å². The van der Waals surface area contributed by atoms with E-state index in [2.05, 4.69) is 31.9 Å². The van der Waals surface area contributed by atoms with Crippen LogP contribution < -0.4 is 0 Å². The van der Waals surface area contributed by atoms with Crippen LogP contribution >= 0.6 is 55.1 Å². The highest BCUT2D eigenvalue weighted by Gasteiger charge is 2.31. The second kappa shape index (κ2) is 7.45. The Bertz CT molecular complexity index is 607. The molecule has 0 aliphatic carbocycles. The number of alkyl halides is 2. The summed E-state index contributed by atoms with van der Waals surface area (Å²) < 4.78 is 15.3. The van der Waals surface area contributed by atoms with Crippen LogP contribution in [0.1, 0.15) is 11.1 Å². The first-order valence-electron chi connectivity index (χ1n) is 6.32. The number of hydrogen-bond acceptors (Lipinski definition) is 0. The maximum Gasteiger partial charge on any atom is 0.124 e. The number of benzene rings is 2. The Labute approximate surface area is 150 Å². The molecule has 5 heteroatoms. The molecular weight excluding hydrogens is 442 g/mol. The smallest absolute Gasteiger partial charge is 0.124 e. The highest BCUT2D eigenvalue weighted by Crippen LogP contribution is 2.34. The van der Waals surface area contributed by atoms with Gasteiger partial charge in [-0.25, -0.2) is 4.39 Å². The van der Waals surface area contributed by atoms with Crippen molar-refractivity contribution in [1.82, 2.24) is 0 Å². The Balaban J connectivity index is 2.42. The van der Waals surface area contributed by atoms with E-state index in [4.69, 9.17) is 23.2 Å². The Morgan fingerprint density at radius 1 is 0.952 bits per heavy atom. The zero-order valence-electron chi connectivity index (χ0n) is 11.1. The molecule has 0 amide bonds. The van der Waals surface area contributed by atoms with Crippen LogP contribution in [0.15, 0.2) is 51.4 Å². The van der Waals surface area contributed by atoms with Crippen LogP contribution in [-0.2, 0) is 11.8 Å². The van der Waals surface area contributed by atoms with Crippen molar-refractivity contribution in [2.24, 2.45) is 0 Å². The molecule has 0 unspecified atom stereocenters. The van der Waals surface area contributed by atoms with Gasteiger partial charge in [-0.1, -0.05) is 44.0 Å². The van der Waals surface area contributed by atoms with E-state index in [1.807, 2.05) is 30.3 Å². The lowest BCUT2D eigenvalue weighted by Gasteiger charge is -2.30. The third kappa shape index (κ3) is 4.22. The molecule has 2 rings (SSSR count). The van der Waals surface area contributed by atoms with Gasteiger partial charge in [0, 0.05) is 26.1 Å². The largest absolute Gasteiger partial charge is 0.207 e. The minimum Gasteiger partial charge on any atom is -0.207 e. The predicted molar refractivity (Wildman–Crippen MR) is 95.1 cm³/mol. The summed E-state index contributed by atoms with van der Waals surface area (Å²) in [5, 5.41) is 0. The van der Waals surface area contributed by atoms with Crippen molar-refractivity contribution >= 4 is 55.1 Å². The SMILES string of the molecule is Fc1cc(Br)cc(CC(CCl)(CCl)c2cccc(Br)c2)c1. The minimum absolute atomic E-state index is 0.272. The fourth-order valence-corrected chi connectivity index (χ4v) is 4.00. The van der Waals surface area contributed by atoms with E-state index in [0.29, 0.717) is 22.7 Å². The molecule has 2 aromatic rings. The van der Waals surface area contributed by atoms with E-state index in [-0.39, 0.29) is 5.82 Å². The van der Waals surface area contributed by atoms with Crippen molar-refractivity contribution < 1.29 is 4.39 Å². The second-order valence-corrected chi connectivity index (χ2v) is 7.38. The molecule has 0 saturated heterocycles. The lowest BCUT2D eigenvalue weighted by atomic mass is 9.79. The van der Waals surface area contributed by atoms with Gasteiger partial charge in [-0.3, -0.25) is 0 Å². The highest BCUT2D eigenvalue weighted by molar-refractivity contribution is 9.10. The van der Waals surface area contributed by atoms with Crippen molar-refractivity contribution in [2.75, 3.05) is 11.8 Å². The summed E-state index contributed by atoms with van der Waals surface area (Å²) in [6.07, 6.45) is 0.576. The molecular formula is C16H13Br2Cl2F. The molecule has 0 aromatic heterocycles. The molecule has 0 nitrogen and oxygen atoms in total. The van der Waals surface area contributed by atoms with Crippen molar-refractivity contribution in [2.45, 2.75) is 11.8 Å². The van der Waals surface area contributed by atoms with Gasteiger partial charge in [-0.05, 0) is 47.9 Å². The quantitative estimate of drug-likeness (QED) is 0.464. The average molecular weight is 455 g/mol. The van der Waals surface area contributed by atoms with Gasteiger partial charge in [-0.2, -0.15) is 0 Å². The first-order chi connectivity index (χ1) is 9.99. The normalized spacial score (nSPS) is 11.7. The molecule has 0 fully saturated rings. The Morgan fingerprint density at radius 3 is 2.24 bits per heavy atom. The molecule has 0 heterocycles. The van der Waals surface area contributed by atoms with Gasteiger partial charge < -0.3 is 0 Å². The van der Waals surface area contributed by atoms with Crippen LogP contribution in [0.25, 0.3) is 0 Å². The highest BCUT2D eigenvalue weighted by atomic mass is 79.9. The standard InChI is InChI=1S/C16H13Br2Cl2F/c17-13-3-1-2-12(6-13)16(9-19,10-20)8-11-4-14(18)7-15(21)5-11/h1-7H,8-10H2. The van der Waals surface area contributed by atoms with E-state index in [0.717, 1.165) is 15.6 Å². The van der Waals surface area contributed by atoms with Crippen LogP contribution in [-0.4, -0.2) is 11.8 Å². The molecule has 0 radical (unpaired) electrons.